The summed E-state index contributed by atoms with van der Waals surface area (Å²) in [6.07, 6.45) is 24.0. The summed E-state index contributed by atoms with van der Waals surface area (Å²) in [6.45, 7) is 38.5. The molecule has 0 bridgehead atoms. The van der Waals surface area contributed by atoms with E-state index in [4.69, 9.17) is 38.3 Å². The second-order valence-corrected chi connectivity index (χ2v) is 31.0. The van der Waals surface area contributed by atoms with Crippen molar-refractivity contribution in [2.75, 3.05) is 47.0 Å². The van der Waals surface area contributed by atoms with Gasteiger partial charge in [0.05, 0.1) is 64.8 Å². The summed E-state index contributed by atoms with van der Waals surface area (Å²) in [7, 11) is -1.27. The van der Waals surface area contributed by atoms with Gasteiger partial charge in [-0.2, -0.15) is 0 Å². The molecule has 86 heavy (non-hydrogen) atoms. The molecule has 2 unspecified atom stereocenters. The quantitative estimate of drug-likeness (QED) is 0.0183. The Morgan fingerprint density at radius 3 is 1.33 bits per heavy atom. The van der Waals surface area contributed by atoms with Gasteiger partial charge in [0.15, 0.2) is 17.4 Å². The standard InChI is InChI=1S/C22H38O6.C19H30O5.C9H17O2P.C7H12O.C6H10O2.C3H8OP.Li/c1-5-6-9-16(2)20(26-17(3)23)11-10-18-14-19(15-21(24)25-4)28-22(27-18)12-7-8-13-22;1-4-7-14(2)17(20)9-8-15-12-16(13-18(21)22-3)24-19(23-15)10-5-6-11-19;1-5-6-8(2)9(10)7-12(3,4)11;1-4-5-6(2)7(3)8;1-3-4-6(8)5(2)7;1-5(2,3)4;/h16,18-20H,5-15H2,1-4H3;4,14-16H,1,5-13H2,2-3H3;5,8H,1,6-7H2,2-4H3;4,6H,1,5H2,2-3H3;3,6,8H,1,4H2,2H3;1H2,2-3H3;/q;;;;;-1;+1/t16-,18?,19-,20-;14-,15?,16-;8-;2*6-;;/m11111../s1. The molecule has 2 aliphatic heterocycles. The van der Waals surface area contributed by atoms with Crippen LogP contribution in [0.3, 0.4) is 0 Å². The van der Waals surface area contributed by atoms with Crippen LogP contribution in [0.2, 0.25) is 0 Å². The van der Waals surface area contributed by atoms with Crippen molar-refractivity contribution in [3.8, 4) is 0 Å². The van der Waals surface area contributed by atoms with Crippen LogP contribution in [0.5, 0.6) is 0 Å². The Morgan fingerprint density at radius 1 is 0.616 bits per heavy atom. The van der Waals surface area contributed by atoms with E-state index in [-0.39, 0.29) is 127 Å². The van der Waals surface area contributed by atoms with Crippen molar-refractivity contribution in [1.82, 2.24) is 0 Å². The third-order valence-corrected chi connectivity index (χ3v) is 15.8. The largest absolute Gasteiger partial charge is 1.00 e. The van der Waals surface area contributed by atoms with Crippen LogP contribution in [0, 0.1) is 30.3 Å². The van der Waals surface area contributed by atoms with E-state index in [0.29, 0.717) is 50.9 Å². The molecule has 0 aromatic carbocycles. The molecule has 4 rings (SSSR count). The van der Waals surface area contributed by atoms with Gasteiger partial charge in [0.2, 0.25) is 0 Å². The van der Waals surface area contributed by atoms with Gasteiger partial charge < -0.3 is 47.4 Å². The number of hydrogen-bond acceptors (Lipinski definition) is 17. The summed E-state index contributed by atoms with van der Waals surface area (Å²) in [5, 5.41) is 8.71. The van der Waals surface area contributed by atoms with Crippen LogP contribution in [0.25, 0.3) is 0 Å². The normalized spacial score (nSPS) is 21.0. The zero-order valence-corrected chi connectivity index (χ0v) is 57.8. The molecule has 0 radical (unpaired) electrons. The molecule has 2 heterocycles. The molecule has 17 nitrogen and oxygen atoms in total. The molecule has 0 aromatic rings. The van der Waals surface area contributed by atoms with E-state index >= 15 is 0 Å². The second-order valence-electron chi connectivity index (χ2n) is 24.4. The van der Waals surface area contributed by atoms with Gasteiger partial charge >= 0.3 is 36.8 Å². The minimum atomic E-state index is -2.18. The van der Waals surface area contributed by atoms with Crippen molar-refractivity contribution in [3.63, 3.8) is 0 Å². The van der Waals surface area contributed by atoms with Crippen molar-refractivity contribution in [2.45, 2.75) is 251 Å². The number of rotatable bonds is 29. The maximum atomic E-state index is 12.2. The Balaban J connectivity index is -0.00000106. The smallest absolute Gasteiger partial charge is 0.469 e. The summed E-state index contributed by atoms with van der Waals surface area (Å²) in [5.41, 5.74) is 0. The predicted molar refractivity (Wildman–Crippen MR) is 340 cm³/mol. The van der Waals surface area contributed by atoms with Gasteiger partial charge in [-0.3, -0.25) is 40.2 Å². The number of methoxy groups -OCH3 is 2. The van der Waals surface area contributed by atoms with Crippen LogP contribution >= 0.6 is 14.3 Å². The van der Waals surface area contributed by atoms with E-state index in [1.807, 2.05) is 20.8 Å². The van der Waals surface area contributed by atoms with Gasteiger partial charge in [-0.1, -0.05) is 78.9 Å². The van der Waals surface area contributed by atoms with Crippen LogP contribution in [0.15, 0.2) is 50.6 Å². The van der Waals surface area contributed by atoms with Crippen molar-refractivity contribution in [2.24, 2.45) is 23.7 Å². The van der Waals surface area contributed by atoms with Gasteiger partial charge in [0, 0.05) is 69.6 Å². The Bertz CT molecular complexity index is 2090. The van der Waals surface area contributed by atoms with Crippen LogP contribution in [0.1, 0.15) is 203 Å². The van der Waals surface area contributed by atoms with Crippen molar-refractivity contribution < 1.29 is 99.8 Å². The number of carbonyl (C=O) groups is 7. The molecule has 2 spiro atoms. The first kappa shape index (κ1) is 87.1. The van der Waals surface area contributed by atoms with E-state index in [9.17, 15) is 42.7 Å². The van der Waals surface area contributed by atoms with Crippen LogP contribution < -0.4 is 18.9 Å². The number of esters is 3. The van der Waals surface area contributed by atoms with Gasteiger partial charge in [0.1, 0.15) is 29.6 Å². The fraction of sp³-hybridized carbons (Fsp3) is 0.758. The van der Waals surface area contributed by atoms with Gasteiger partial charge in [-0.05, 0) is 123 Å². The Kier molecular flexibility index (Phi) is 47.5. The fourth-order valence-electron chi connectivity index (χ4n) is 9.81. The molecule has 20 heteroatoms. The van der Waals surface area contributed by atoms with Crippen molar-refractivity contribution in [1.29, 1.82) is 0 Å². The number of ketones is 4. The first-order valence-corrected chi connectivity index (χ1v) is 36.3. The minimum absolute atomic E-state index is 0. The Morgan fingerprint density at radius 2 is 1.00 bits per heavy atom. The van der Waals surface area contributed by atoms with Crippen molar-refractivity contribution in [3.05, 3.63) is 57.3 Å². The first-order valence-electron chi connectivity index (χ1n) is 30.7. The molecule has 0 aromatic heterocycles. The van der Waals surface area contributed by atoms with E-state index in [1.165, 1.54) is 34.1 Å². The van der Waals surface area contributed by atoms with Crippen molar-refractivity contribution >= 4 is 55.3 Å². The average Bonchev–Trinajstić information content (AvgIpc) is 2.91. The number of ether oxygens (including phenoxy) is 7. The Labute approximate surface area is 531 Å². The number of hydrogen-bond donors (Lipinski definition) is 1. The van der Waals surface area contributed by atoms with Gasteiger partial charge in [0.25, 0.3) is 0 Å². The maximum Gasteiger partial charge on any atom is 1.00 e. The number of allylic oxidation sites excluding steroid dienone is 3. The van der Waals surface area contributed by atoms with E-state index in [0.717, 1.165) is 89.9 Å². The third-order valence-electron chi connectivity index (χ3n) is 14.8. The number of aliphatic hydroxyl groups is 1. The van der Waals surface area contributed by atoms with E-state index in [2.05, 4.69) is 46.8 Å². The molecule has 492 valence electrons. The maximum absolute atomic E-state index is 12.2. The zero-order chi connectivity index (χ0) is 65.6. The SMILES string of the molecule is C=CC[C@@H](C)C(=O)CCC1C[C@H](CC(=O)OC)OC2(CCCC2)O1.C=CC[C@@H](C)C(=O)CP(C)(C)=O.C=CC[C@@H](C)C(C)=O.C=CC[C@@H](O)C(C)=O.CCCC[C@@H](C)[C@@H](CCC1C[C@H](CC(=O)OC)OC2(CCCC2)O1)OC(C)=O.[CH2-]P(C)(C)=O.[Li+]. The van der Waals surface area contributed by atoms with E-state index in [1.54, 1.807) is 51.8 Å². The molecule has 4 fully saturated rings. The van der Waals surface area contributed by atoms with Crippen LogP contribution in [-0.2, 0) is 75.8 Å². The molecule has 0 amide bonds. The molecule has 1 N–H and O–H groups in total. The predicted octanol–water partition coefficient (Wildman–Crippen LogP) is 11.2. The zero-order valence-electron chi connectivity index (χ0n) is 56.0. The second kappa shape index (κ2) is 46.9. The molecular formula is C66H115LiO17P2. The minimum Gasteiger partial charge on any atom is -0.469 e. The molecule has 2 saturated heterocycles. The summed E-state index contributed by atoms with van der Waals surface area (Å²) in [5.74, 6) is -1.00. The Hall–Kier alpha value is -3.09. The topological polar surface area (TPSA) is 238 Å². The van der Waals surface area contributed by atoms with Gasteiger partial charge in [-0.15, -0.1) is 26.3 Å². The van der Waals surface area contributed by atoms with Gasteiger partial charge in [-0.25, -0.2) is 0 Å². The van der Waals surface area contributed by atoms with E-state index < -0.39 is 32.0 Å². The van der Waals surface area contributed by atoms with Crippen LogP contribution in [0.4, 0.5) is 0 Å². The molecule has 2 saturated carbocycles. The van der Waals surface area contributed by atoms with Crippen LogP contribution in [-0.4, -0.2) is 141 Å². The number of aliphatic hydroxyl groups excluding tert-OH is 1. The molecule has 4 aliphatic rings. The molecule has 10 atom stereocenters. The number of Topliss-reactive ketones (excluding diaryl/α,β-unsaturated/α-hetero) is 4. The first-order chi connectivity index (χ1) is 39.6. The summed E-state index contributed by atoms with van der Waals surface area (Å²) < 4.78 is 61.5. The average molecular weight is 1250 g/mol. The summed E-state index contributed by atoms with van der Waals surface area (Å²) in [6, 6.07) is 0. The third kappa shape index (κ3) is 42.8. The molecular weight excluding hydrogens is 1130 g/mol. The fourth-order valence-corrected chi connectivity index (χ4v) is 10.9. The number of carbonyl (C=O) groups excluding carboxylic acids is 7. The monoisotopic (exact) mass is 1250 g/mol. The summed E-state index contributed by atoms with van der Waals surface area (Å²) in [4.78, 5) is 79.2. The molecule has 2 aliphatic carbocycles. The number of unbranched alkanes of at least 4 members (excludes halogenated alkanes) is 1. The summed E-state index contributed by atoms with van der Waals surface area (Å²) >= 11 is 0.